The minimum atomic E-state index is -0.938. The Labute approximate surface area is 507 Å². The monoisotopic (exact) mass is 1170 g/mol. The van der Waals surface area contributed by atoms with Crippen molar-refractivity contribution in [1.82, 2.24) is 51.5 Å². The summed E-state index contributed by atoms with van der Waals surface area (Å²) in [5.41, 5.74) is 2.21. The van der Waals surface area contributed by atoms with Gasteiger partial charge in [-0.25, -0.2) is 0 Å². The van der Waals surface area contributed by atoms with E-state index in [4.69, 9.17) is 0 Å². The highest BCUT2D eigenvalue weighted by Gasteiger charge is 2.46. The minimum Gasteiger partial charge on any atom is -0.347 e. The van der Waals surface area contributed by atoms with E-state index in [-0.39, 0.29) is 72.7 Å². The van der Waals surface area contributed by atoms with E-state index >= 15 is 0 Å². The fraction of sp³-hybridized carbons (Fsp3) is 0.441. The highest BCUT2D eigenvalue weighted by atomic mass is 16.2. The van der Waals surface area contributed by atoms with E-state index < -0.39 is 71.0 Å². The van der Waals surface area contributed by atoms with Gasteiger partial charge in [-0.15, -0.1) is 0 Å². The van der Waals surface area contributed by atoms with Crippen LogP contribution in [-0.2, 0) is 32.0 Å². The Hall–Kier alpha value is -8.22. The van der Waals surface area contributed by atoms with Crippen molar-refractivity contribution in [3.8, 4) is 0 Å². The van der Waals surface area contributed by atoms with Crippen LogP contribution in [-0.4, -0.2) is 169 Å². The molecule has 8 atom stereocenters. The van der Waals surface area contributed by atoms with Crippen molar-refractivity contribution in [1.29, 1.82) is 0 Å². The van der Waals surface area contributed by atoms with Gasteiger partial charge in [0.05, 0.1) is 24.2 Å². The molecular weight excluding hydrogens is 1080 g/mol. The first-order valence-electron chi connectivity index (χ1n) is 30.0. The molecule has 7 rings (SSSR count). The molecule has 2 aliphatic heterocycles. The molecule has 2 aliphatic rings. The summed E-state index contributed by atoms with van der Waals surface area (Å²) in [6.45, 7) is 16.0. The zero-order chi connectivity index (χ0) is 62.3. The van der Waals surface area contributed by atoms with Crippen LogP contribution in [0, 0.1) is 10.8 Å². The van der Waals surface area contributed by atoms with Crippen molar-refractivity contribution < 1.29 is 38.4 Å². The molecule has 0 spiro atoms. The van der Waals surface area contributed by atoms with Crippen molar-refractivity contribution in [3.05, 3.63) is 179 Å². The van der Waals surface area contributed by atoms with Crippen molar-refractivity contribution >= 4 is 47.3 Å². The molecule has 8 amide bonds. The second kappa shape index (κ2) is 29.7. The Balaban J connectivity index is 1.10. The van der Waals surface area contributed by atoms with E-state index in [1.807, 2.05) is 139 Å². The molecule has 458 valence electrons. The van der Waals surface area contributed by atoms with Gasteiger partial charge in [-0.2, -0.15) is 0 Å². The van der Waals surface area contributed by atoms with Crippen LogP contribution in [0.5, 0.6) is 0 Å². The standard InChI is InChI=1S/C68H88N10O8/c1-45(69-9)59(79)73-57(67(3,4)5)65(85)77-41-53(39-55(77)43-75(37-35-47-23-15-11-16-24-47)63(83)51-27-19-13-20-28-51)71-61(81)49-31-33-50(34-32-49)62(82)72-54-40-56(78(42-54)66(86)58(68(6,7)8)74-60(80)46(2)70-10)44-76(38-36-48-25-17-12-18-26-48)64(84)52-29-21-14-22-30-52/h11-34,45-46,53-58,69-70H,35-44H2,1-10H3,(H,71,81)(H,72,82)(H,73,79)(H,74,80)/t45-,46-,53-,54?,55-,56-,57+,58+/m0/s1. The quantitative estimate of drug-likeness (QED) is 0.0415. The average molecular weight is 1170 g/mol. The molecule has 0 bridgehead atoms. The Bertz CT molecular complexity index is 2890. The number of nitrogens with one attached hydrogen (secondary N) is 6. The maximum absolute atomic E-state index is 15.0. The molecule has 5 aromatic carbocycles. The lowest BCUT2D eigenvalue weighted by Crippen LogP contribution is -2.59. The van der Waals surface area contributed by atoms with Gasteiger partial charge in [0.25, 0.3) is 23.6 Å². The van der Waals surface area contributed by atoms with Crippen molar-refractivity contribution in [2.75, 3.05) is 53.4 Å². The molecule has 0 radical (unpaired) electrons. The first-order chi connectivity index (χ1) is 40.9. The van der Waals surface area contributed by atoms with Gasteiger partial charge in [0.1, 0.15) is 12.1 Å². The number of likely N-dealkylation sites (tertiary alicyclic amines) is 2. The van der Waals surface area contributed by atoms with E-state index in [0.29, 0.717) is 49.9 Å². The summed E-state index contributed by atoms with van der Waals surface area (Å²) in [6, 6.07) is 38.8. The molecule has 18 nitrogen and oxygen atoms in total. The number of benzene rings is 5. The van der Waals surface area contributed by atoms with Gasteiger partial charge in [0, 0.05) is 73.6 Å². The number of likely N-dealkylation sites (N-methyl/N-ethyl adjacent to an activating group) is 2. The number of hydrogen-bond donors (Lipinski definition) is 6. The summed E-state index contributed by atoms with van der Waals surface area (Å²) in [7, 11) is 3.34. The largest absolute Gasteiger partial charge is 0.347 e. The van der Waals surface area contributed by atoms with Gasteiger partial charge in [-0.1, -0.05) is 139 Å². The zero-order valence-electron chi connectivity index (χ0n) is 51.6. The third-order valence-electron chi connectivity index (χ3n) is 16.4. The lowest BCUT2D eigenvalue weighted by molar-refractivity contribution is -0.141. The number of nitrogens with zero attached hydrogens (tertiary/aromatic N) is 4. The Kier molecular flexibility index (Phi) is 22.6. The van der Waals surface area contributed by atoms with E-state index in [0.717, 1.165) is 11.1 Å². The maximum Gasteiger partial charge on any atom is 0.253 e. The SMILES string of the molecule is CN[C@@H](C)C(=O)N[C@H](C(=O)N1CC(NC(=O)c2ccc(C(=O)N[C@H]3C[C@@H](CN(CCc4ccccc4)C(=O)c4ccccc4)N(C(=O)[C@@H](NC(=O)[C@H](C)NC)C(C)(C)C)C3)cc2)C[C@H]1CN(CCc1ccccc1)C(=O)c1ccccc1)C(C)(C)C. The van der Waals surface area contributed by atoms with Crippen LogP contribution in [0.1, 0.15) is 121 Å². The number of rotatable bonds is 24. The Morgan fingerprint density at radius 1 is 0.465 bits per heavy atom. The molecule has 2 heterocycles. The third-order valence-corrected chi connectivity index (χ3v) is 16.4. The van der Waals surface area contributed by atoms with Crippen molar-refractivity contribution in [3.63, 3.8) is 0 Å². The fourth-order valence-corrected chi connectivity index (χ4v) is 11.1. The van der Waals surface area contributed by atoms with E-state index in [1.165, 1.54) is 0 Å². The summed E-state index contributed by atoms with van der Waals surface area (Å²) >= 11 is 0. The predicted molar refractivity (Wildman–Crippen MR) is 334 cm³/mol. The van der Waals surface area contributed by atoms with Gasteiger partial charge in [-0.3, -0.25) is 38.4 Å². The Morgan fingerprint density at radius 2 is 0.779 bits per heavy atom. The molecule has 2 fully saturated rings. The lowest BCUT2D eigenvalue weighted by Gasteiger charge is -2.37. The summed E-state index contributed by atoms with van der Waals surface area (Å²) in [4.78, 5) is 121. The first-order valence-corrected chi connectivity index (χ1v) is 30.0. The fourth-order valence-electron chi connectivity index (χ4n) is 11.1. The molecule has 18 heteroatoms. The van der Waals surface area contributed by atoms with Gasteiger partial charge in [0.15, 0.2) is 0 Å². The van der Waals surface area contributed by atoms with Gasteiger partial charge >= 0.3 is 0 Å². The first kappa shape index (κ1) is 65.3. The highest BCUT2D eigenvalue weighted by Crippen LogP contribution is 2.30. The molecule has 6 N–H and O–H groups in total. The molecule has 2 saturated heterocycles. The van der Waals surface area contributed by atoms with Crippen LogP contribution in [0.2, 0.25) is 0 Å². The van der Waals surface area contributed by atoms with Gasteiger partial charge < -0.3 is 51.5 Å². The van der Waals surface area contributed by atoms with Crippen LogP contribution in [0.3, 0.4) is 0 Å². The van der Waals surface area contributed by atoms with Crippen LogP contribution in [0.4, 0.5) is 0 Å². The van der Waals surface area contributed by atoms with Crippen LogP contribution >= 0.6 is 0 Å². The Morgan fingerprint density at radius 3 is 1.08 bits per heavy atom. The normalized spacial score (nSPS) is 18.2. The van der Waals surface area contributed by atoms with Gasteiger partial charge in [-0.05, 0) is 124 Å². The molecule has 1 unspecified atom stereocenters. The van der Waals surface area contributed by atoms with Gasteiger partial charge in [0.2, 0.25) is 23.6 Å². The van der Waals surface area contributed by atoms with E-state index in [1.54, 1.807) is 96.1 Å². The second-order valence-electron chi connectivity index (χ2n) is 25.0. The number of amides is 8. The molecule has 0 aliphatic carbocycles. The third kappa shape index (κ3) is 17.5. The van der Waals surface area contributed by atoms with Crippen LogP contribution in [0.15, 0.2) is 146 Å². The predicted octanol–water partition coefficient (Wildman–Crippen LogP) is 6.13. The number of hydrogen-bond acceptors (Lipinski definition) is 10. The summed E-state index contributed by atoms with van der Waals surface area (Å²) in [5, 5.41) is 18.1. The van der Waals surface area contributed by atoms with E-state index in [2.05, 4.69) is 31.9 Å². The lowest BCUT2D eigenvalue weighted by atomic mass is 9.85. The molecular formula is C68H88N10O8. The molecule has 5 aromatic rings. The van der Waals surface area contributed by atoms with Crippen molar-refractivity contribution in [2.24, 2.45) is 10.8 Å². The topological polar surface area (TPSA) is 222 Å². The van der Waals surface area contributed by atoms with Crippen LogP contribution in [0.25, 0.3) is 0 Å². The summed E-state index contributed by atoms with van der Waals surface area (Å²) in [5.74, 6) is -2.60. The summed E-state index contributed by atoms with van der Waals surface area (Å²) < 4.78 is 0. The second-order valence-corrected chi connectivity index (χ2v) is 25.0. The number of carbonyl (C=O) groups is 8. The van der Waals surface area contributed by atoms with Crippen molar-refractivity contribution in [2.45, 2.75) is 129 Å². The number of carbonyl (C=O) groups excluding carboxylic acids is 8. The summed E-state index contributed by atoms with van der Waals surface area (Å²) in [6.07, 6.45) is 1.75. The maximum atomic E-state index is 15.0. The smallest absolute Gasteiger partial charge is 0.253 e. The molecule has 0 saturated carbocycles. The molecule has 86 heavy (non-hydrogen) atoms. The highest BCUT2D eigenvalue weighted by molar-refractivity contribution is 5.99. The average Bonchev–Trinajstić information content (AvgIpc) is 2.06. The molecule has 0 aromatic heterocycles. The minimum absolute atomic E-state index is 0.108. The zero-order valence-corrected chi connectivity index (χ0v) is 51.6. The van der Waals surface area contributed by atoms with E-state index in [9.17, 15) is 38.4 Å². The van der Waals surface area contributed by atoms with Crippen LogP contribution < -0.4 is 31.9 Å².